The Morgan fingerprint density at radius 2 is 2.15 bits per heavy atom. The summed E-state index contributed by atoms with van der Waals surface area (Å²) < 4.78 is 1.38. The topological polar surface area (TPSA) is 113 Å². The summed E-state index contributed by atoms with van der Waals surface area (Å²) in [6.45, 7) is 5.08. The highest BCUT2D eigenvalue weighted by Gasteiger charge is 2.12. The van der Waals surface area contributed by atoms with Crippen molar-refractivity contribution in [2.75, 3.05) is 24.2 Å². The normalized spacial score (nSPS) is 12.3. The quantitative estimate of drug-likeness (QED) is 0.550. The second-order valence-electron chi connectivity index (χ2n) is 5.02. The molecule has 1 heterocycles. The van der Waals surface area contributed by atoms with Gasteiger partial charge < -0.3 is 16.2 Å². The van der Waals surface area contributed by atoms with Crippen molar-refractivity contribution in [1.29, 1.82) is 0 Å². The number of hydrogen-bond donors (Lipinski definition) is 4. The van der Waals surface area contributed by atoms with Gasteiger partial charge in [-0.25, -0.2) is 4.79 Å². The molecule has 20 heavy (non-hydrogen) atoms. The van der Waals surface area contributed by atoms with Crippen LogP contribution in [0.3, 0.4) is 0 Å². The second-order valence-corrected chi connectivity index (χ2v) is 5.02. The van der Waals surface area contributed by atoms with Crippen molar-refractivity contribution in [2.45, 2.75) is 39.7 Å². The molecule has 0 aromatic carbocycles. The Morgan fingerprint density at radius 3 is 2.75 bits per heavy atom. The summed E-state index contributed by atoms with van der Waals surface area (Å²) in [7, 11) is 0. The lowest BCUT2D eigenvalue weighted by Crippen LogP contribution is -2.34. The largest absolute Gasteiger partial charge is 0.396 e. The van der Waals surface area contributed by atoms with Gasteiger partial charge in [0.25, 0.3) is 5.56 Å². The molecule has 114 valence electrons. The highest BCUT2D eigenvalue weighted by Crippen LogP contribution is 2.12. The number of aromatic nitrogens is 2. The number of unbranched alkanes of at least 4 members (excludes halogenated alkanes) is 1. The van der Waals surface area contributed by atoms with E-state index in [0.29, 0.717) is 19.5 Å². The van der Waals surface area contributed by atoms with E-state index in [9.17, 15) is 9.59 Å². The van der Waals surface area contributed by atoms with Crippen LogP contribution in [0.4, 0.5) is 11.5 Å². The first-order valence-corrected chi connectivity index (χ1v) is 6.98. The molecule has 0 bridgehead atoms. The maximum absolute atomic E-state index is 11.8. The Kier molecular flexibility index (Phi) is 6.30. The van der Waals surface area contributed by atoms with E-state index >= 15 is 0 Å². The van der Waals surface area contributed by atoms with Crippen molar-refractivity contribution in [2.24, 2.45) is 5.92 Å². The maximum atomic E-state index is 11.8. The molecular weight excluding hydrogens is 260 g/mol. The van der Waals surface area contributed by atoms with Crippen LogP contribution in [-0.2, 0) is 6.54 Å². The lowest BCUT2D eigenvalue weighted by atomic mass is 10.1. The SMILES string of the molecule is CCCCn1c(N)c(NCC(C)CCO)c(=O)[nH]c1=O. The van der Waals surface area contributed by atoms with Crippen molar-refractivity contribution in [1.82, 2.24) is 9.55 Å². The van der Waals surface area contributed by atoms with Crippen LogP contribution < -0.4 is 22.3 Å². The van der Waals surface area contributed by atoms with Crippen LogP contribution in [0.2, 0.25) is 0 Å². The number of hydrogen-bond acceptors (Lipinski definition) is 5. The van der Waals surface area contributed by atoms with Gasteiger partial charge in [-0.15, -0.1) is 0 Å². The molecule has 7 nitrogen and oxygen atoms in total. The molecule has 1 aromatic heterocycles. The average Bonchev–Trinajstić information content (AvgIpc) is 2.38. The van der Waals surface area contributed by atoms with Gasteiger partial charge in [0.05, 0.1) is 0 Å². The minimum Gasteiger partial charge on any atom is -0.396 e. The lowest BCUT2D eigenvalue weighted by Gasteiger charge is -2.16. The molecule has 7 heteroatoms. The number of nitrogens with two attached hydrogens (primary N) is 1. The Labute approximate surface area is 117 Å². The fourth-order valence-corrected chi connectivity index (χ4v) is 1.90. The Hall–Kier alpha value is -1.76. The molecule has 0 aliphatic carbocycles. The monoisotopic (exact) mass is 284 g/mol. The summed E-state index contributed by atoms with van der Waals surface area (Å²) in [4.78, 5) is 25.8. The number of H-pyrrole nitrogens is 1. The summed E-state index contributed by atoms with van der Waals surface area (Å²) in [6.07, 6.45) is 2.39. The molecular formula is C13H24N4O3. The summed E-state index contributed by atoms with van der Waals surface area (Å²) in [6, 6.07) is 0. The van der Waals surface area contributed by atoms with Crippen LogP contribution in [0.15, 0.2) is 9.59 Å². The van der Waals surface area contributed by atoms with E-state index in [4.69, 9.17) is 10.8 Å². The molecule has 5 N–H and O–H groups in total. The molecule has 0 amide bonds. The molecule has 0 spiro atoms. The molecule has 0 aliphatic rings. The first-order valence-electron chi connectivity index (χ1n) is 6.98. The number of aromatic amines is 1. The van der Waals surface area contributed by atoms with E-state index in [2.05, 4.69) is 10.3 Å². The van der Waals surface area contributed by atoms with Gasteiger partial charge in [-0.1, -0.05) is 20.3 Å². The van der Waals surface area contributed by atoms with Gasteiger partial charge >= 0.3 is 5.69 Å². The third-order valence-electron chi connectivity index (χ3n) is 3.22. The summed E-state index contributed by atoms with van der Waals surface area (Å²) in [5, 5.41) is 11.8. The fraction of sp³-hybridized carbons (Fsp3) is 0.692. The van der Waals surface area contributed by atoms with Crippen LogP contribution in [-0.4, -0.2) is 27.8 Å². The second kappa shape index (κ2) is 7.74. The minimum absolute atomic E-state index is 0.102. The number of nitrogens with zero attached hydrogens (tertiary/aromatic N) is 1. The van der Waals surface area contributed by atoms with Crippen molar-refractivity contribution in [3.63, 3.8) is 0 Å². The summed E-state index contributed by atoms with van der Waals surface area (Å²) in [5.74, 6) is 0.373. The van der Waals surface area contributed by atoms with Crippen molar-refractivity contribution in [3.8, 4) is 0 Å². The van der Waals surface area contributed by atoms with Crippen molar-refractivity contribution < 1.29 is 5.11 Å². The minimum atomic E-state index is -0.503. The van der Waals surface area contributed by atoms with E-state index in [1.54, 1.807) is 0 Å². The van der Waals surface area contributed by atoms with Gasteiger partial charge in [-0.05, 0) is 18.8 Å². The first-order chi connectivity index (χ1) is 9.51. The van der Waals surface area contributed by atoms with Gasteiger partial charge in [0.2, 0.25) is 0 Å². The smallest absolute Gasteiger partial charge is 0.330 e. The third-order valence-corrected chi connectivity index (χ3v) is 3.22. The zero-order valence-electron chi connectivity index (χ0n) is 12.1. The predicted octanol–water partition coefficient (Wildman–Crippen LogP) is 0.349. The first kappa shape index (κ1) is 16.3. The van der Waals surface area contributed by atoms with Gasteiger partial charge in [0, 0.05) is 19.7 Å². The van der Waals surface area contributed by atoms with E-state index in [1.807, 2.05) is 13.8 Å². The Balaban J connectivity index is 2.95. The number of nitrogens with one attached hydrogen (secondary N) is 2. The molecule has 1 unspecified atom stereocenters. The van der Waals surface area contributed by atoms with Crippen LogP contribution in [0.5, 0.6) is 0 Å². The molecule has 0 aliphatic heterocycles. The van der Waals surface area contributed by atoms with E-state index in [0.717, 1.165) is 12.8 Å². The predicted molar refractivity (Wildman–Crippen MR) is 80.0 cm³/mol. The van der Waals surface area contributed by atoms with Crippen molar-refractivity contribution >= 4 is 11.5 Å². The van der Waals surface area contributed by atoms with E-state index in [-0.39, 0.29) is 24.0 Å². The number of aliphatic hydroxyl groups is 1. The van der Waals surface area contributed by atoms with E-state index < -0.39 is 11.2 Å². The molecule has 1 atom stereocenters. The molecule has 0 radical (unpaired) electrons. The van der Waals surface area contributed by atoms with Crippen LogP contribution >= 0.6 is 0 Å². The molecule has 1 rings (SSSR count). The third kappa shape index (κ3) is 4.12. The van der Waals surface area contributed by atoms with Gasteiger partial charge in [-0.3, -0.25) is 14.3 Å². The number of aliphatic hydroxyl groups excluding tert-OH is 1. The fourth-order valence-electron chi connectivity index (χ4n) is 1.90. The van der Waals surface area contributed by atoms with E-state index in [1.165, 1.54) is 4.57 Å². The Bertz CT molecular complexity index is 535. The lowest BCUT2D eigenvalue weighted by molar-refractivity contribution is 0.266. The van der Waals surface area contributed by atoms with Gasteiger partial charge in [0.1, 0.15) is 11.5 Å². The average molecular weight is 284 g/mol. The highest BCUT2D eigenvalue weighted by atomic mass is 16.3. The van der Waals surface area contributed by atoms with Crippen LogP contribution in [0.1, 0.15) is 33.1 Å². The summed E-state index contributed by atoms with van der Waals surface area (Å²) >= 11 is 0. The Morgan fingerprint density at radius 1 is 1.45 bits per heavy atom. The van der Waals surface area contributed by atoms with Gasteiger partial charge in [-0.2, -0.15) is 0 Å². The van der Waals surface area contributed by atoms with Crippen LogP contribution in [0.25, 0.3) is 0 Å². The molecule has 0 saturated carbocycles. The number of rotatable bonds is 8. The van der Waals surface area contributed by atoms with Crippen molar-refractivity contribution in [3.05, 3.63) is 20.8 Å². The molecule has 1 aromatic rings. The highest BCUT2D eigenvalue weighted by molar-refractivity contribution is 5.60. The number of anilines is 2. The van der Waals surface area contributed by atoms with Crippen LogP contribution in [0, 0.1) is 5.92 Å². The zero-order valence-corrected chi connectivity index (χ0v) is 12.1. The molecule has 0 fully saturated rings. The van der Waals surface area contributed by atoms with Gasteiger partial charge in [0.15, 0.2) is 0 Å². The zero-order chi connectivity index (χ0) is 15.1. The summed E-state index contributed by atoms with van der Waals surface area (Å²) in [5.41, 5.74) is 5.16. The standard InChI is InChI=1S/C13H24N4O3/c1-3-4-6-17-11(14)10(12(19)16-13(17)20)15-8-9(2)5-7-18/h9,15,18H,3-8,14H2,1-2H3,(H,16,19,20). The maximum Gasteiger partial charge on any atom is 0.330 e. The molecule has 0 saturated heterocycles. The number of nitrogen functional groups attached to an aromatic ring is 1.